The molecule has 35 heavy (non-hydrogen) atoms. The maximum absolute atomic E-state index is 13.3. The second-order valence-corrected chi connectivity index (χ2v) is 10.4. The highest BCUT2D eigenvalue weighted by Crippen LogP contribution is 2.30. The summed E-state index contributed by atoms with van der Waals surface area (Å²) in [6.07, 6.45) is 5.79. The van der Waals surface area contributed by atoms with Crippen LogP contribution in [-0.2, 0) is 14.8 Å². The third-order valence-electron chi connectivity index (χ3n) is 6.10. The van der Waals surface area contributed by atoms with E-state index >= 15 is 0 Å². The quantitative estimate of drug-likeness (QED) is 0.461. The van der Waals surface area contributed by atoms with Gasteiger partial charge in [-0.25, -0.2) is 8.42 Å². The average molecular weight is 491 g/mol. The van der Waals surface area contributed by atoms with E-state index in [2.05, 4.69) is 5.32 Å². The van der Waals surface area contributed by atoms with Crippen LogP contribution < -0.4 is 10.1 Å². The number of rotatable bonds is 8. The predicted molar refractivity (Wildman–Crippen MR) is 138 cm³/mol. The van der Waals surface area contributed by atoms with E-state index < -0.39 is 10.0 Å². The van der Waals surface area contributed by atoms with Crippen LogP contribution in [0, 0.1) is 0 Å². The molecule has 1 fully saturated rings. The summed E-state index contributed by atoms with van der Waals surface area (Å²) >= 11 is 0. The Morgan fingerprint density at radius 2 is 1.51 bits per heavy atom. The van der Waals surface area contributed by atoms with E-state index in [0.717, 1.165) is 30.4 Å². The minimum atomic E-state index is -3.68. The molecule has 1 amide bonds. The van der Waals surface area contributed by atoms with Crippen LogP contribution in [0.4, 0.5) is 0 Å². The van der Waals surface area contributed by atoms with Crippen molar-refractivity contribution >= 4 is 22.0 Å². The van der Waals surface area contributed by atoms with Crippen LogP contribution in [0.1, 0.15) is 42.0 Å². The topological polar surface area (TPSA) is 75.7 Å². The van der Waals surface area contributed by atoms with Gasteiger partial charge in [0.15, 0.2) is 0 Å². The Balaban J connectivity index is 1.56. The van der Waals surface area contributed by atoms with Crippen LogP contribution >= 0.6 is 0 Å². The summed E-state index contributed by atoms with van der Waals surface area (Å²) in [5.74, 6) is 0.0179. The van der Waals surface area contributed by atoms with Crippen molar-refractivity contribution in [1.29, 1.82) is 0 Å². The van der Waals surface area contributed by atoms with Gasteiger partial charge >= 0.3 is 0 Å². The minimum Gasteiger partial charge on any atom is -0.495 e. The fraction of sp³-hybridized carbons (Fsp3) is 0.250. The Hall–Kier alpha value is -3.42. The molecule has 0 radical (unpaired) electrons. The van der Waals surface area contributed by atoms with Gasteiger partial charge in [-0.3, -0.25) is 4.79 Å². The number of hydrogen-bond acceptors (Lipinski definition) is 4. The lowest BCUT2D eigenvalue weighted by molar-refractivity contribution is -0.116. The molecule has 0 atom stereocenters. The molecule has 1 N–H and O–H groups in total. The highest BCUT2D eigenvalue weighted by molar-refractivity contribution is 7.89. The molecule has 0 unspecified atom stereocenters. The fourth-order valence-electron chi connectivity index (χ4n) is 4.26. The molecular formula is C28H30N2O4S. The van der Waals surface area contributed by atoms with Crippen molar-refractivity contribution in [2.24, 2.45) is 0 Å². The lowest BCUT2D eigenvalue weighted by atomic mass is 9.98. The van der Waals surface area contributed by atoms with Crippen molar-refractivity contribution in [2.45, 2.75) is 30.2 Å². The molecule has 0 saturated carbocycles. The number of carbonyl (C=O) groups is 1. The van der Waals surface area contributed by atoms with Gasteiger partial charge in [0.2, 0.25) is 15.9 Å². The third kappa shape index (κ3) is 5.99. The molecule has 7 heteroatoms. The van der Waals surface area contributed by atoms with Crippen LogP contribution in [0.2, 0.25) is 0 Å². The van der Waals surface area contributed by atoms with Crippen LogP contribution in [0.15, 0.2) is 89.8 Å². The van der Waals surface area contributed by atoms with Crippen molar-refractivity contribution in [3.63, 3.8) is 0 Å². The van der Waals surface area contributed by atoms with Gasteiger partial charge in [-0.05, 0) is 47.7 Å². The van der Waals surface area contributed by atoms with E-state index in [1.165, 1.54) is 17.5 Å². The number of carbonyl (C=O) groups excluding carboxylic acids is 1. The first-order valence-electron chi connectivity index (χ1n) is 11.8. The fourth-order valence-corrected chi connectivity index (χ4v) is 5.96. The number of nitrogens with zero attached hydrogens (tertiary/aromatic N) is 1. The monoisotopic (exact) mass is 490 g/mol. The third-order valence-corrected chi connectivity index (χ3v) is 8.02. The zero-order chi connectivity index (χ0) is 24.7. The summed E-state index contributed by atoms with van der Waals surface area (Å²) in [4.78, 5) is 13.0. The molecule has 1 aliphatic rings. The molecule has 0 aromatic heterocycles. The van der Waals surface area contributed by atoms with Gasteiger partial charge in [0.05, 0.1) is 13.2 Å². The second-order valence-electron chi connectivity index (χ2n) is 8.47. The zero-order valence-electron chi connectivity index (χ0n) is 19.8. The summed E-state index contributed by atoms with van der Waals surface area (Å²) < 4.78 is 33.4. The van der Waals surface area contributed by atoms with Crippen LogP contribution in [0.25, 0.3) is 6.08 Å². The summed E-state index contributed by atoms with van der Waals surface area (Å²) in [6.45, 7) is 1.02. The number of ether oxygens (including phenoxy) is 1. The molecule has 0 aliphatic carbocycles. The van der Waals surface area contributed by atoms with Crippen molar-refractivity contribution in [3.8, 4) is 5.75 Å². The summed E-state index contributed by atoms with van der Waals surface area (Å²) in [7, 11) is -2.22. The van der Waals surface area contributed by atoms with E-state index in [0.29, 0.717) is 24.4 Å². The highest BCUT2D eigenvalue weighted by atomic mass is 32.2. The number of methoxy groups -OCH3 is 1. The molecule has 6 nitrogen and oxygen atoms in total. The maximum Gasteiger partial charge on any atom is 0.246 e. The number of piperidine rings is 1. The van der Waals surface area contributed by atoms with Crippen molar-refractivity contribution < 1.29 is 17.9 Å². The lowest BCUT2D eigenvalue weighted by Crippen LogP contribution is -2.35. The Bertz CT molecular complexity index is 1230. The molecule has 3 aromatic rings. The smallest absolute Gasteiger partial charge is 0.246 e. The molecular weight excluding hydrogens is 460 g/mol. The SMILES string of the molecule is COc1ccc(/C=C/C(=O)NC(c2ccccc2)c2ccccc2)cc1S(=O)(=O)N1CCCCC1. The molecule has 4 rings (SSSR count). The summed E-state index contributed by atoms with van der Waals surface area (Å²) in [5.41, 5.74) is 2.55. The molecule has 1 aliphatic heterocycles. The van der Waals surface area contributed by atoms with Gasteiger partial charge < -0.3 is 10.1 Å². The Morgan fingerprint density at radius 3 is 2.09 bits per heavy atom. The van der Waals surface area contributed by atoms with Gasteiger partial charge in [-0.2, -0.15) is 4.31 Å². The van der Waals surface area contributed by atoms with Gasteiger partial charge in [-0.15, -0.1) is 0 Å². The first-order valence-corrected chi connectivity index (χ1v) is 13.2. The molecule has 3 aromatic carbocycles. The highest BCUT2D eigenvalue weighted by Gasteiger charge is 2.29. The van der Waals surface area contributed by atoms with E-state index in [4.69, 9.17) is 4.74 Å². The number of benzene rings is 3. The first-order chi connectivity index (χ1) is 17.0. The summed E-state index contributed by atoms with van der Waals surface area (Å²) in [6, 6.07) is 24.2. The number of nitrogens with one attached hydrogen (secondary N) is 1. The van der Waals surface area contributed by atoms with E-state index in [1.54, 1.807) is 24.3 Å². The Kier molecular flexibility index (Phi) is 8.00. The number of sulfonamides is 1. The van der Waals surface area contributed by atoms with Gasteiger partial charge in [-0.1, -0.05) is 73.2 Å². The Labute approximate surface area is 207 Å². The zero-order valence-corrected chi connectivity index (χ0v) is 20.6. The van der Waals surface area contributed by atoms with E-state index in [1.807, 2.05) is 60.7 Å². The van der Waals surface area contributed by atoms with Crippen LogP contribution in [0.3, 0.4) is 0 Å². The number of hydrogen-bond donors (Lipinski definition) is 1. The van der Waals surface area contributed by atoms with Crippen molar-refractivity contribution in [1.82, 2.24) is 9.62 Å². The van der Waals surface area contributed by atoms with E-state index in [9.17, 15) is 13.2 Å². The molecule has 0 bridgehead atoms. The van der Waals surface area contributed by atoms with Crippen LogP contribution in [-0.4, -0.2) is 38.8 Å². The lowest BCUT2D eigenvalue weighted by Gasteiger charge is -2.26. The van der Waals surface area contributed by atoms with Gasteiger partial charge in [0, 0.05) is 19.2 Å². The minimum absolute atomic E-state index is 0.121. The largest absolute Gasteiger partial charge is 0.495 e. The van der Waals surface area contributed by atoms with Gasteiger partial charge in [0.1, 0.15) is 10.6 Å². The predicted octanol–water partition coefficient (Wildman–Crippen LogP) is 4.79. The summed E-state index contributed by atoms with van der Waals surface area (Å²) in [5, 5.41) is 3.06. The molecule has 0 spiro atoms. The molecule has 182 valence electrons. The van der Waals surface area contributed by atoms with Crippen molar-refractivity contribution in [3.05, 3.63) is 102 Å². The normalized spacial score (nSPS) is 14.8. The second kappa shape index (κ2) is 11.3. The Morgan fingerprint density at radius 1 is 0.914 bits per heavy atom. The number of amides is 1. The van der Waals surface area contributed by atoms with Crippen LogP contribution in [0.5, 0.6) is 5.75 Å². The van der Waals surface area contributed by atoms with Crippen molar-refractivity contribution in [2.75, 3.05) is 20.2 Å². The van der Waals surface area contributed by atoms with E-state index in [-0.39, 0.29) is 16.8 Å². The average Bonchev–Trinajstić information content (AvgIpc) is 2.92. The van der Waals surface area contributed by atoms with Gasteiger partial charge in [0.25, 0.3) is 0 Å². The maximum atomic E-state index is 13.3. The first kappa shape index (κ1) is 24.7. The molecule has 1 heterocycles. The molecule has 1 saturated heterocycles. The standard InChI is InChI=1S/C28H30N2O4S/c1-34-25-17-15-22(21-26(25)35(32,33)30-19-9-4-10-20-30)16-18-27(31)29-28(23-11-5-2-6-12-23)24-13-7-3-8-14-24/h2-3,5-8,11-18,21,28H,4,9-10,19-20H2,1H3,(H,29,31)/b18-16+.